The maximum atomic E-state index is 13.1. The molecule has 1 spiro atoms. The molecule has 4 rings (SSSR count). The van der Waals surface area contributed by atoms with Gasteiger partial charge < -0.3 is 13.9 Å². The first-order valence-electron chi connectivity index (χ1n) is 9.32. The number of methoxy groups -OCH3 is 1. The van der Waals surface area contributed by atoms with Gasteiger partial charge in [0.25, 0.3) is 0 Å². The van der Waals surface area contributed by atoms with E-state index in [2.05, 4.69) is 0 Å². The zero-order chi connectivity index (χ0) is 18.5. The van der Waals surface area contributed by atoms with Crippen molar-refractivity contribution >= 4 is 17.7 Å². The van der Waals surface area contributed by atoms with E-state index >= 15 is 0 Å². The number of fused-ring (bicyclic) bond motifs is 2. The van der Waals surface area contributed by atoms with Gasteiger partial charge in [-0.15, -0.1) is 0 Å². The van der Waals surface area contributed by atoms with Crippen molar-refractivity contribution in [2.75, 3.05) is 7.11 Å². The first-order valence-corrected chi connectivity index (χ1v) is 9.32. The molecule has 0 N–H and O–H groups in total. The molecule has 6 atom stereocenters. The summed E-state index contributed by atoms with van der Waals surface area (Å²) < 4.78 is 15.8. The van der Waals surface area contributed by atoms with E-state index in [9.17, 15) is 14.4 Å². The van der Waals surface area contributed by atoms with Crippen molar-refractivity contribution < 1.29 is 28.3 Å². The lowest BCUT2D eigenvalue weighted by atomic mass is 9.50. The molecule has 1 aromatic heterocycles. The lowest BCUT2D eigenvalue weighted by molar-refractivity contribution is -0.171. The van der Waals surface area contributed by atoms with Crippen LogP contribution < -0.4 is 0 Å². The molecule has 0 radical (unpaired) electrons. The van der Waals surface area contributed by atoms with Crippen LogP contribution in [0, 0.1) is 29.1 Å². The first-order chi connectivity index (χ1) is 12.5. The Kier molecular flexibility index (Phi) is 4.16. The van der Waals surface area contributed by atoms with Crippen LogP contribution in [0.2, 0.25) is 0 Å². The highest BCUT2D eigenvalue weighted by molar-refractivity contribution is 5.92. The van der Waals surface area contributed by atoms with Crippen LogP contribution in [0.15, 0.2) is 23.0 Å². The lowest BCUT2D eigenvalue weighted by Crippen LogP contribution is -2.55. The van der Waals surface area contributed by atoms with Crippen molar-refractivity contribution in [3.05, 3.63) is 24.2 Å². The topological polar surface area (TPSA) is 82.8 Å². The van der Waals surface area contributed by atoms with E-state index in [4.69, 9.17) is 13.9 Å². The van der Waals surface area contributed by atoms with Crippen molar-refractivity contribution in [3.8, 4) is 0 Å². The summed E-state index contributed by atoms with van der Waals surface area (Å²) in [6.45, 7) is 1.97. The van der Waals surface area contributed by atoms with Crippen LogP contribution >= 0.6 is 0 Å². The number of esters is 2. The Balaban J connectivity index is 1.72. The molecule has 0 amide bonds. The minimum absolute atomic E-state index is 0.0859. The molecule has 0 unspecified atom stereocenters. The molecular weight excluding hydrogens is 336 g/mol. The molecule has 0 bridgehead atoms. The van der Waals surface area contributed by atoms with Gasteiger partial charge in [-0.3, -0.25) is 14.4 Å². The monoisotopic (exact) mass is 360 g/mol. The molecule has 6 heteroatoms. The second kappa shape index (κ2) is 6.25. The second-order valence-electron chi connectivity index (χ2n) is 7.96. The predicted octanol–water partition coefficient (Wildman–Crippen LogP) is 3.07. The second-order valence-corrected chi connectivity index (χ2v) is 7.96. The van der Waals surface area contributed by atoms with E-state index in [1.54, 1.807) is 12.5 Å². The molecule has 2 saturated carbocycles. The van der Waals surface area contributed by atoms with Crippen molar-refractivity contribution in [2.24, 2.45) is 29.1 Å². The molecule has 2 heterocycles. The van der Waals surface area contributed by atoms with Gasteiger partial charge in [-0.1, -0.05) is 13.3 Å². The van der Waals surface area contributed by atoms with E-state index in [1.165, 1.54) is 7.11 Å². The highest BCUT2D eigenvalue weighted by Gasteiger charge is 2.64. The molecule has 3 fully saturated rings. The van der Waals surface area contributed by atoms with Gasteiger partial charge in [-0.2, -0.15) is 0 Å². The van der Waals surface area contributed by atoms with Crippen molar-refractivity contribution in [2.45, 2.75) is 45.1 Å². The standard InChI is InChI=1S/C20H24O6/c1-11-8-15(21)17-13(18(22)24-2)4-3-5-14(17)20(11)9-16(26-19(20)23)12-6-7-25-10-12/h6-7,10-11,13-14,16-17H,3-5,8-9H2,1-2H3/t11-,13+,14-,16+,17-,20-/m1/s1. The number of hydrogen-bond donors (Lipinski definition) is 0. The van der Waals surface area contributed by atoms with Gasteiger partial charge in [0.15, 0.2) is 0 Å². The van der Waals surface area contributed by atoms with Gasteiger partial charge in [-0.25, -0.2) is 0 Å². The van der Waals surface area contributed by atoms with Crippen LogP contribution in [0.5, 0.6) is 0 Å². The summed E-state index contributed by atoms with van der Waals surface area (Å²) in [5.41, 5.74) is 0.129. The molecule has 140 valence electrons. The molecule has 26 heavy (non-hydrogen) atoms. The van der Waals surface area contributed by atoms with Crippen LogP contribution in [0.1, 0.15) is 50.7 Å². The van der Waals surface area contributed by atoms with Gasteiger partial charge in [0.05, 0.1) is 31.0 Å². The number of ketones is 1. The van der Waals surface area contributed by atoms with Gasteiger partial charge in [0.1, 0.15) is 11.9 Å². The highest BCUT2D eigenvalue weighted by atomic mass is 16.6. The number of hydrogen-bond acceptors (Lipinski definition) is 6. The average molecular weight is 360 g/mol. The smallest absolute Gasteiger partial charge is 0.313 e. The molecule has 2 aliphatic carbocycles. The summed E-state index contributed by atoms with van der Waals surface area (Å²) in [4.78, 5) is 38.2. The lowest BCUT2D eigenvalue weighted by Gasteiger charge is -2.50. The summed E-state index contributed by atoms with van der Waals surface area (Å²) in [5, 5.41) is 0. The summed E-state index contributed by atoms with van der Waals surface area (Å²) in [6.07, 6.45) is 5.88. The number of rotatable bonds is 2. The maximum absolute atomic E-state index is 13.1. The molecular formula is C20H24O6. The van der Waals surface area contributed by atoms with E-state index in [-0.39, 0.29) is 35.7 Å². The highest BCUT2D eigenvalue weighted by Crippen LogP contribution is 2.61. The van der Waals surface area contributed by atoms with Crippen LogP contribution in [0.4, 0.5) is 0 Å². The van der Waals surface area contributed by atoms with E-state index < -0.39 is 17.3 Å². The Morgan fingerprint density at radius 3 is 2.81 bits per heavy atom. The Morgan fingerprint density at radius 2 is 2.12 bits per heavy atom. The molecule has 6 nitrogen and oxygen atoms in total. The zero-order valence-corrected chi connectivity index (χ0v) is 15.1. The minimum Gasteiger partial charge on any atom is -0.472 e. The van der Waals surface area contributed by atoms with Crippen LogP contribution in [0.25, 0.3) is 0 Å². The molecule has 1 saturated heterocycles. The maximum Gasteiger partial charge on any atom is 0.313 e. The fourth-order valence-electron chi connectivity index (χ4n) is 5.65. The number of furan rings is 1. The minimum atomic E-state index is -0.715. The Morgan fingerprint density at radius 1 is 1.31 bits per heavy atom. The number of carbonyl (C=O) groups excluding carboxylic acids is 3. The molecule has 1 aromatic rings. The largest absolute Gasteiger partial charge is 0.472 e. The summed E-state index contributed by atoms with van der Waals surface area (Å²) in [7, 11) is 1.36. The van der Waals surface area contributed by atoms with Crippen molar-refractivity contribution in [1.82, 2.24) is 0 Å². The van der Waals surface area contributed by atoms with E-state index in [1.807, 2.05) is 13.0 Å². The van der Waals surface area contributed by atoms with Crippen molar-refractivity contribution in [3.63, 3.8) is 0 Å². The van der Waals surface area contributed by atoms with E-state index in [0.29, 0.717) is 19.3 Å². The number of carbonyl (C=O) groups is 3. The fraction of sp³-hybridized carbons (Fsp3) is 0.650. The zero-order valence-electron chi connectivity index (χ0n) is 15.1. The third-order valence-corrected chi connectivity index (χ3v) is 6.89. The number of Topliss-reactive ketones (excluding diaryl/α,β-unsaturated/α-hetero) is 1. The van der Waals surface area contributed by atoms with Gasteiger partial charge in [0, 0.05) is 24.3 Å². The molecule has 0 aromatic carbocycles. The summed E-state index contributed by atoms with van der Waals surface area (Å²) in [6, 6.07) is 1.81. The third-order valence-electron chi connectivity index (χ3n) is 6.89. The first kappa shape index (κ1) is 17.3. The fourth-order valence-corrected chi connectivity index (χ4v) is 5.65. The van der Waals surface area contributed by atoms with Gasteiger partial charge in [0.2, 0.25) is 0 Å². The van der Waals surface area contributed by atoms with Gasteiger partial charge in [-0.05, 0) is 30.7 Å². The Hall–Kier alpha value is -2.11. The SMILES string of the molecule is COC(=O)[C@H]1CCC[C@@H]2[C@@H]1C(=O)C[C@@H](C)[C@]21C[C@@H](c2ccoc2)OC1=O. The van der Waals surface area contributed by atoms with E-state index in [0.717, 1.165) is 18.4 Å². The molecule has 1 aliphatic heterocycles. The number of ether oxygens (including phenoxy) is 2. The molecule has 3 aliphatic rings. The average Bonchev–Trinajstić information content (AvgIpc) is 3.27. The third kappa shape index (κ3) is 2.34. The summed E-state index contributed by atoms with van der Waals surface area (Å²) >= 11 is 0. The normalized spacial score (nSPS) is 39.5. The van der Waals surface area contributed by atoms with Gasteiger partial charge >= 0.3 is 11.9 Å². The Bertz CT molecular complexity index is 723. The van der Waals surface area contributed by atoms with Crippen LogP contribution in [-0.2, 0) is 23.9 Å². The van der Waals surface area contributed by atoms with Crippen molar-refractivity contribution in [1.29, 1.82) is 0 Å². The number of cyclic esters (lactones) is 1. The quantitative estimate of drug-likeness (QED) is 0.754. The Labute approximate surface area is 152 Å². The van der Waals surface area contributed by atoms with Crippen LogP contribution in [0.3, 0.4) is 0 Å². The predicted molar refractivity (Wildman–Crippen MR) is 89.7 cm³/mol. The van der Waals surface area contributed by atoms with Crippen LogP contribution in [-0.4, -0.2) is 24.8 Å². The summed E-state index contributed by atoms with van der Waals surface area (Å²) in [5.74, 6) is -1.64.